The third-order valence-corrected chi connectivity index (χ3v) is 8.44. The van der Waals surface area contributed by atoms with Crippen molar-refractivity contribution in [3.8, 4) is 11.1 Å². The van der Waals surface area contributed by atoms with Crippen LogP contribution in [0.3, 0.4) is 0 Å². The van der Waals surface area contributed by atoms with E-state index in [1.165, 1.54) is 24.3 Å². The van der Waals surface area contributed by atoms with Gasteiger partial charge < -0.3 is 0 Å². The summed E-state index contributed by atoms with van der Waals surface area (Å²) in [6.45, 7) is 0. The number of benzene rings is 3. The van der Waals surface area contributed by atoms with Crippen molar-refractivity contribution in [2.45, 2.75) is 18.3 Å². The number of allylic oxidation sites excluding steroid dienone is 9. The van der Waals surface area contributed by atoms with Gasteiger partial charge >= 0.3 is 0 Å². The second-order valence-corrected chi connectivity index (χ2v) is 10.4. The summed E-state index contributed by atoms with van der Waals surface area (Å²) in [6, 6.07) is 2.76. The molecule has 4 aliphatic rings. The van der Waals surface area contributed by atoms with Crippen LogP contribution in [0.15, 0.2) is 59.7 Å². The first-order chi connectivity index (χ1) is 20.0. The van der Waals surface area contributed by atoms with Gasteiger partial charge in [0, 0.05) is 17.8 Å². The Morgan fingerprint density at radius 2 is 1.17 bits per heavy atom. The monoisotopic (exact) mass is 588 g/mol. The zero-order chi connectivity index (χ0) is 29.8. The fourth-order valence-electron chi connectivity index (χ4n) is 6.71. The van der Waals surface area contributed by atoms with E-state index in [1.807, 2.05) is 0 Å². The van der Waals surface area contributed by atoms with E-state index >= 15 is 0 Å². The lowest BCUT2D eigenvalue weighted by atomic mass is 9.58. The first-order valence-electron chi connectivity index (χ1n) is 12.7. The highest BCUT2D eigenvalue weighted by Gasteiger charge is 2.45. The van der Waals surface area contributed by atoms with E-state index in [0.717, 1.165) is 0 Å². The summed E-state index contributed by atoms with van der Waals surface area (Å²) in [5.41, 5.74) is -0.0132. The number of hydrogen-bond donors (Lipinski definition) is 0. The van der Waals surface area contributed by atoms with Crippen molar-refractivity contribution in [1.29, 1.82) is 0 Å². The Bertz CT molecular complexity index is 1870. The zero-order valence-corrected chi connectivity index (χ0v) is 20.9. The molecule has 0 aromatic heterocycles. The van der Waals surface area contributed by atoms with Crippen LogP contribution < -0.4 is 0 Å². The van der Waals surface area contributed by atoms with E-state index in [9.17, 15) is 43.9 Å². The minimum Gasteiger partial charge on any atom is -0.203 e. The molecule has 42 heavy (non-hydrogen) atoms. The van der Waals surface area contributed by atoms with Crippen molar-refractivity contribution in [2.24, 2.45) is 5.92 Å². The van der Waals surface area contributed by atoms with E-state index in [1.54, 1.807) is 30.4 Å². The lowest BCUT2D eigenvalue weighted by Crippen LogP contribution is -2.31. The van der Waals surface area contributed by atoms with Crippen LogP contribution in [0.2, 0.25) is 0 Å². The molecule has 212 valence electrons. The predicted molar refractivity (Wildman–Crippen MR) is 134 cm³/mol. The Morgan fingerprint density at radius 1 is 0.595 bits per heavy atom. The molecule has 0 radical (unpaired) electrons. The van der Waals surface area contributed by atoms with E-state index in [-0.39, 0.29) is 16.7 Å². The fraction of sp³-hybridized carbons (Fsp3) is 0.125. The molecule has 10 heteroatoms. The van der Waals surface area contributed by atoms with Gasteiger partial charge in [0.1, 0.15) is 0 Å². The topological polar surface area (TPSA) is 0 Å². The summed E-state index contributed by atoms with van der Waals surface area (Å²) < 4.78 is 143. The summed E-state index contributed by atoms with van der Waals surface area (Å²) in [7, 11) is 0. The Balaban J connectivity index is 1.45. The molecule has 7 rings (SSSR count). The molecule has 0 heterocycles. The van der Waals surface area contributed by atoms with Crippen molar-refractivity contribution in [3.63, 3.8) is 0 Å². The van der Waals surface area contributed by atoms with E-state index in [2.05, 4.69) is 0 Å². The lowest BCUT2D eigenvalue weighted by molar-refractivity contribution is 0.376. The first-order valence-corrected chi connectivity index (χ1v) is 12.7. The zero-order valence-electron chi connectivity index (χ0n) is 20.9. The van der Waals surface area contributed by atoms with E-state index in [0.29, 0.717) is 28.7 Å². The van der Waals surface area contributed by atoms with Crippen molar-refractivity contribution >= 4 is 11.6 Å². The Morgan fingerprint density at radius 3 is 1.79 bits per heavy atom. The molecule has 3 unspecified atom stereocenters. The summed E-state index contributed by atoms with van der Waals surface area (Å²) in [5.74, 6) is -22.3. The van der Waals surface area contributed by atoms with Gasteiger partial charge in [0.2, 0.25) is 11.6 Å². The van der Waals surface area contributed by atoms with Crippen LogP contribution in [0.1, 0.15) is 40.5 Å². The van der Waals surface area contributed by atoms with Crippen LogP contribution in [0, 0.1) is 64.1 Å². The molecule has 0 saturated heterocycles. The largest absolute Gasteiger partial charge is 0.203 e. The average molecular weight is 588 g/mol. The van der Waals surface area contributed by atoms with Crippen LogP contribution in [0.4, 0.5) is 43.9 Å². The molecule has 0 fully saturated rings. The summed E-state index contributed by atoms with van der Waals surface area (Å²) in [4.78, 5) is 0. The van der Waals surface area contributed by atoms with Crippen molar-refractivity contribution < 1.29 is 43.9 Å². The normalized spacial score (nSPS) is 21.5. The predicted octanol–water partition coefficient (Wildman–Crippen LogP) is 9.48. The molecule has 3 aromatic rings. The van der Waals surface area contributed by atoms with Crippen LogP contribution in [-0.4, -0.2) is 0 Å². The van der Waals surface area contributed by atoms with Crippen LogP contribution >= 0.6 is 0 Å². The fourth-order valence-corrected chi connectivity index (χ4v) is 6.71. The average Bonchev–Trinajstić information content (AvgIpc) is 3.00. The quantitative estimate of drug-likeness (QED) is 0.159. The minimum atomic E-state index is -2.27. The number of rotatable bonds is 2. The number of halogens is 10. The maximum atomic E-state index is 14.9. The second-order valence-electron chi connectivity index (χ2n) is 10.4. The standard InChI is InChI=1S/C32H14F10/c33-23-21(24(34)28(38)31(41)27(23)37)17-9-7-15-16-8-10-18(22-25(35)29(39)32(42)30(40)26(22)36)14-6-2-4-12(20(14)16)11-3-1-5-13(17)19(11)15/h1-3,5-10,12,15,19H,4H2. The highest BCUT2D eigenvalue weighted by molar-refractivity contribution is 5.86. The van der Waals surface area contributed by atoms with Gasteiger partial charge in [-0.3, -0.25) is 0 Å². The van der Waals surface area contributed by atoms with Crippen molar-refractivity contribution in [3.05, 3.63) is 140 Å². The number of hydrogen-bond acceptors (Lipinski definition) is 0. The molecule has 0 amide bonds. The molecule has 0 spiro atoms. The molecular weight excluding hydrogens is 574 g/mol. The van der Waals surface area contributed by atoms with Crippen molar-refractivity contribution in [1.82, 2.24) is 0 Å². The number of fused-ring (bicyclic) bond motifs is 2. The molecule has 0 saturated carbocycles. The molecular formula is C32H14F10. The van der Waals surface area contributed by atoms with E-state index in [4.69, 9.17) is 0 Å². The van der Waals surface area contributed by atoms with Crippen LogP contribution in [-0.2, 0) is 0 Å². The van der Waals surface area contributed by atoms with Crippen LogP contribution in [0.5, 0.6) is 0 Å². The first kappa shape index (κ1) is 26.6. The molecule has 0 aliphatic heterocycles. The van der Waals surface area contributed by atoms with Gasteiger partial charge in [-0.2, -0.15) is 0 Å². The van der Waals surface area contributed by atoms with Gasteiger partial charge in [0.05, 0.1) is 11.1 Å². The Kier molecular flexibility index (Phi) is 5.74. The highest BCUT2D eigenvalue weighted by Crippen LogP contribution is 2.58. The summed E-state index contributed by atoms with van der Waals surface area (Å²) in [6.07, 6.45) is 11.3. The van der Waals surface area contributed by atoms with Crippen molar-refractivity contribution in [2.75, 3.05) is 0 Å². The second kappa shape index (κ2) is 9.08. The van der Waals surface area contributed by atoms with E-state index < -0.39 is 87.1 Å². The molecule has 4 aliphatic carbocycles. The SMILES string of the molecule is Fc1c(F)c(F)c(C2=C3C=CC=C4C5CC=Cc6c(-c7c(F)c(F)c(F)c(F)c7F)ccc(c65)C(C=C2)C43)c(F)c1F. The van der Waals surface area contributed by atoms with Gasteiger partial charge in [0.25, 0.3) is 0 Å². The summed E-state index contributed by atoms with van der Waals surface area (Å²) >= 11 is 0. The maximum Gasteiger partial charge on any atom is 0.200 e. The maximum absolute atomic E-state index is 14.9. The molecule has 3 aromatic carbocycles. The third kappa shape index (κ3) is 3.32. The Labute approximate surface area is 231 Å². The molecule has 0 bridgehead atoms. The van der Waals surface area contributed by atoms with Crippen LogP contribution in [0.25, 0.3) is 22.8 Å². The van der Waals surface area contributed by atoms with Gasteiger partial charge in [-0.15, -0.1) is 0 Å². The molecule has 3 atom stereocenters. The van der Waals surface area contributed by atoms with Gasteiger partial charge in [-0.1, -0.05) is 60.2 Å². The minimum absolute atomic E-state index is 0.182. The lowest BCUT2D eigenvalue weighted by Gasteiger charge is -2.45. The Hall–Kier alpha value is -4.34. The van der Waals surface area contributed by atoms with Gasteiger partial charge in [-0.25, -0.2) is 43.9 Å². The molecule has 0 nitrogen and oxygen atoms in total. The third-order valence-electron chi connectivity index (χ3n) is 8.44. The summed E-state index contributed by atoms with van der Waals surface area (Å²) in [5, 5.41) is 0. The smallest absolute Gasteiger partial charge is 0.200 e. The highest BCUT2D eigenvalue weighted by atomic mass is 19.2. The van der Waals surface area contributed by atoms with Gasteiger partial charge in [0.15, 0.2) is 46.5 Å². The van der Waals surface area contributed by atoms with Gasteiger partial charge in [-0.05, 0) is 39.8 Å². The molecule has 0 N–H and O–H groups in total.